The van der Waals surface area contributed by atoms with Crippen molar-refractivity contribution in [1.29, 1.82) is 0 Å². The summed E-state index contributed by atoms with van der Waals surface area (Å²) in [5, 5.41) is 22.4. The van der Waals surface area contributed by atoms with Gasteiger partial charge in [-0.15, -0.1) is 0 Å². The lowest BCUT2D eigenvalue weighted by Crippen LogP contribution is -2.33. The Bertz CT molecular complexity index is 1110. The number of aliphatic hydroxyl groups is 1. The summed E-state index contributed by atoms with van der Waals surface area (Å²) in [6.07, 6.45) is 2.03. The van der Waals surface area contributed by atoms with Crippen molar-refractivity contribution in [3.63, 3.8) is 0 Å². The van der Waals surface area contributed by atoms with Crippen LogP contribution in [0.1, 0.15) is 12.8 Å². The molecule has 0 amide bonds. The maximum absolute atomic E-state index is 9.75. The second-order valence-electron chi connectivity index (χ2n) is 6.80. The van der Waals surface area contributed by atoms with E-state index in [1.165, 1.54) is 0 Å². The largest absolute Gasteiger partial charge is 0.394 e. The second kappa shape index (κ2) is 6.51. The summed E-state index contributed by atoms with van der Waals surface area (Å²) in [6, 6.07) is 16.0. The molecule has 0 radical (unpaired) electrons. The first-order valence-electron chi connectivity index (χ1n) is 9.18. The molecule has 1 atom stereocenters. The van der Waals surface area contributed by atoms with Crippen molar-refractivity contribution < 1.29 is 5.11 Å². The second-order valence-corrected chi connectivity index (χ2v) is 6.80. The first kappa shape index (κ1) is 16.0. The summed E-state index contributed by atoms with van der Waals surface area (Å²) < 4.78 is 0. The molecule has 5 rings (SSSR count). The van der Waals surface area contributed by atoms with Gasteiger partial charge in [0.1, 0.15) is 5.82 Å². The fraction of sp³-hybridized carbons (Fsp3) is 0.250. The lowest BCUT2D eigenvalue weighted by Gasteiger charge is -2.25. The average Bonchev–Trinajstić information content (AvgIpc) is 3.34. The van der Waals surface area contributed by atoms with E-state index in [1.54, 1.807) is 0 Å². The number of hydrogen-bond acceptors (Lipinski definition) is 6. The van der Waals surface area contributed by atoms with E-state index in [9.17, 15) is 5.11 Å². The molecule has 4 aromatic rings. The number of para-hydroxylation sites is 2. The lowest BCUT2D eigenvalue weighted by molar-refractivity contribution is 0.266. The zero-order chi connectivity index (χ0) is 18.2. The first-order valence-corrected chi connectivity index (χ1v) is 9.18. The Kier molecular flexibility index (Phi) is 3.86. The normalized spacial score (nSPS) is 17.1. The Morgan fingerprint density at radius 1 is 1.07 bits per heavy atom. The maximum Gasteiger partial charge on any atom is 0.231 e. The number of aromatic amines is 1. The predicted octanol–water partition coefficient (Wildman–Crippen LogP) is 3.21. The molecule has 0 bridgehead atoms. The van der Waals surface area contributed by atoms with Gasteiger partial charge in [-0.2, -0.15) is 10.1 Å². The molecule has 1 fully saturated rings. The van der Waals surface area contributed by atoms with Gasteiger partial charge in [0.25, 0.3) is 0 Å². The maximum atomic E-state index is 9.75. The van der Waals surface area contributed by atoms with Crippen molar-refractivity contribution in [3.05, 3.63) is 48.5 Å². The number of fused-ring (bicyclic) bond motifs is 2. The number of aliphatic hydroxyl groups excluding tert-OH is 1. The van der Waals surface area contributed by atoms with Crippen LogP contribution in [-0.4, -0.2) is 44.5 Å². The molecule has 0 unspecified atom stereocenters. The first-order chi connectivity index (χ1) is 13.3. The Morgan fingerprint density at radius 3 is 2.78 bits per heavy atom. The molecule has 0 saturated carbocycles. The number of nitrogens with one attached hydrogen (secondary N) is 2. The molecule has 7 heteroatoms. The van der Waals surface area contributed by atoms with Crippen LogP contribution in [0.4, 0.5) is 17.6 Å². The van der Waals surface area contributed by atoms with Crippen molar-refractivity contribution in [1.82, 2.24) is 20.2 Å². The van der Waals surface area contributed by atoms with Gasteiger partial charge in [0.2, 0.25) is 5.95 Å². The van der Waals surface area contributed by atoms with Gasteiger partial charge in [-0.1, -0.05) is 24.3 Å². The summed E-state index contributed by atoms with van der Waals surface area (Å²) in [7, 11) is 0. The molecule has 1 aliphatic heterocycles. The van der Waals surface area contributed by atoms with Gasteiger partial charge in [0.05, 0.1) is 23.7 Å². The Hall–Kier alpha value is -3.19. The number of hydrogen-bond donors (Lipinski definition) is 3. The summed E-state index contributed by atoms with van der Waals surface area (Å²) in [6.45, 7) is 1.02. The van der Waals surface area contributed by atoms with Gasteiger partial charge < -0.3 is 15.3 Å². The average molecular weight is 360 g/mol. The number of H-pyrrole nitrogens is 1. The molecular formula is C20H20N6O. The Balaban J connectivity index is 1.61. The molecule has 0 aliphatic carbocycles. The minimum Gasteiger partial charge on any atom is -0.394 e. The molecule has 0 spiro atoms. The van der Waals surface area contributed by atoms with Gasteiger partial charge in [-0.05, 0) is 37.1 Å². The zero-order valence-electron chi connectivity index (χ0n) is 14.8. The predicted molar refractivity (Wildman–Crippen MR) is 106 cm³/mol. The molecule has 27 heavy (non-hydrogen) atoms. The highest BCUT2D eigenvalue weighted by atomic mass is 16.3. The van der Waals surface area contributed by atoms with Crippen LogP contribution in [0.15, 0.2) is 48.5 Å². The quantitative estimate of drug-likeness (QED) is 0.518. The fourth-order valence-corrected chi connectivity index (χ4v) is 3.80. The summed E-state index contributed by atoms with van der Waals surface area (Å²) in [4.78, 5) is 11.7. The van der Waals surface area contributed by atoms with Gasteiger partial charge in [-0.25, -0.2) is 4.98 Å². The van der Waals surface area contributed by atoms with Crippen molar-refractivity contribution in [2.75, 3.05) is 23.4 Å². The van der Waals surface area contributed by atoms with E-state index in [2.05, 4.69) is 25.4 Å². The molecule has 3 heterocycles. The number of rotatable bonds is 4. The standard InChI is InChI=1S/C20H20N6O/c27-12-13-6-5-11-26(13)19-15-8-2-3-9-16(15)21-20(23-19)22-18-14-7-1-4-10-17(14)24-25-18/h1-4,7-10,13,27H,5-6,11-12H2,(H2,21,22,23,24,25)/t13-/m0/s1. The van der Waals surface area contributed by atoms with Crippen LogP contribution in [0.5, 0.6) is 0 Å². The van der Waals surface area contributed by atoms with Crippen LogP contribution in [0.3, 0.4) is 0 Å². The van der Waals surface area contributed by atoms with E-state index in [0.29, 0.717) is 11.8 Å². The van der Waals surface area contributed by atoms with Crippen LogP contribution in [0, 0.1) is 0 Å². The molecule has 2 aromatic heterocycles. The molecular weight excluding hydrogens is 340 g/mol. The van der Waals surface area contributed by atoms with E-state index < -0.39 is 0 Å². The Morgan fingerprint density at radius 2 is 1.89 bits per heavy atom. The van der Waals surface area contributed by atoms with Gasteiger partial charge in [0.15, 0.2) is 5.82 Å². The monoisotopic (exact) mass is 360 g/mol. The van der Waals surface area contributed by atoms with Crippen LogP contribution >= 0.6 is 0 Å². The van der Waals surface area contributed by atoms with Gasteiger partial charge in [0, 0.05) is 17.3 Å². The van der Waals surface area contributed by atoms with Crippen LogP contribution < -0.4 is 10.2 Å². The SMILES string of the molecule is OC[C@@H]1CCCN1c1nc(Nc2n[nH]c3ccccc23)nc2ccccc12. The smallest absolute Gasteiger partial charge is 0.231 e. The summed E-state index contributed by atoms with van der Waals surface area (Å²) in [5.74, 6) is 2.07. The third-order valence-corrected chi connectivity index (χ3v) is 5.14. The van der Waals surface area contributed by atoms with E-state index >= 15 is 0 Å². The van der Waals surface area contributed by atoms with E-state index in [0.717, 1.165) is 47.0 Å². The highest BCUT2D eigenvalue weighted by molar-refractivity contribution is 5.93. The van der Waals surface area contributed by atoms with Crippen molar-refractivity contribution in [2.24, 2.45) is 0 Å². The Labute approximate surface area is 156 Å². The number of benzene rings is 2. The third-order valence-electron chi connectivity index (χ3n) is 5.14. The number of aromatic nitrogens is 4. The summed E-state index contributed by atoms with van der Waals surface area (Å²) >= 11 is 0. The zero-order valence-corrected chi connectivity index (χ0v) is 14.8. The third kappa shape index (κ3) is 2.76. The molecule has 2 aromatic carbocycles. The van der Waals surface area contributed by atoms with E-state index in [4.69, 9.17) is 4.98 Å². The van der Waals surface area contributed by atoms with Crippen LogP contribution in [-0.2, 0) is 0 Å². The fourth-order valence-electron chi connectivity index (χ4n) is 3.80. The minimum atomic E-state index is 0.0994. The molecule has 3 N–H and O–H groups in total. The number of nitrogens with zero attached hydrogens (tertiary/aromatic N) is 4. The van der Waals surface area contributed by atoms with Crippen LogP contribution in [0.2, 0.25) is 0 Å². The summed E-state index contributed by atoms with van der Waals surface area (Å²) in [5.41, 5.74) is 1.83. The molecule has 136 valence electrons. The molecule has 7 nitrogen and oxygen atoms in total. The number of anilines is 3. The van der Waals surface area contributed by atoms with Crippen molar-refractivity contribution in [2.45, 2.75) is 18.9 Å². The molecule has 1 aliphatic rings. The molecule has 1 saturated heterocycles. The van der Waals surface area contributed by atoms with Gasteiger partial charge in [-0.3, -0.25) is 5.10 Å². The van der Waals surface area contributed by atoms with Crippen molar-refractivity contribution >= 4 is 39.4 Å². The van der Waals surface area contributed by atoms with Gasteiger partial charge >= 0.3 is 0 Å². The lowest BCUT2D eigenvalue weighted by atomic mass is 10.2. The highest BCUT2D eigenvalue weighted by Crippen LogP contribution is 2.32. The van der Waals surface area contributed by atoms with Crippen LogP contribution in [0.25, 0.3) is 21.8 Å². The topological polar surface area (TPSA) is 90.0 Å². The van der Waals surface area contributed by atoms with Crippen molar-refractivity contribution in [3.8, 4) is 0 Å². The van der Waals surface area contributed by atoms with E-state index in [1.807, 2.05) is 48.5 Å². The minimum absolute atomic E-state index is 0.0994. The van der Waals surface area contributed by atoms with E-state index in [-0.39, 0.29) is 12.6 Å². The highest BCUT2D eigenvalue weighted by Gasteiger charge is 2.27.